The van der Waals surface area contributed by atoms with Crippen molar-refractivity contribution in [3.05, 3.63) is 258 Å². The fourth-order valence-electron chi connectivity index (χ4n) is 9.69. The Morgan fingerprint density at radius 2 is 0.712 bits per heavy atom. The minimum atomic E-state index is -0.482. The van der Waals surface area contributed by atoms with Crippen molar-refractivity contribution >= 4 is 48.7 Å². The van der Waals surface area contributed by atoms with Gasteiger partial charge in [0.05, 0.1) is 5.41 Å². The van der Waals surface area contributed by atoms with E-state index in [1.165, 1.54) is 60.9 Å². The summed E-state index contributed by atoms with van der Waals surface area (Å²) in [5.41, 5.74) is 19.4. The molecular formula is C56H41N2P. The highest BCUT2D eigenvalue weighted by atomic mass is 31.0. The third-order valence-corrected chi connectivity index (χ3v) is 12.5. The van der Waals surface area contributed by atoms with Gasteiger partial charge in [-0.25, -0.2) is 0 Å². The topological polar surface area (TPSA) is 6.48 Å². The van der Waals surface area contributed by atoms with E-state index < -0.39 is 5.41 Å². The second-order valence-electron chi connectivity index (χ2n) is 15.6. The summed E-state index contributed by atoms with van der Waals surface area (Å²) in [5, 5.41) is 1.19. The number of para-hydroxylation sites is 3. The van der Waals surface area contributed by atoms with Gasteiger partial charge in [0.2, 0.25) is 0 Å². The largest absolute Gasteiger partial charge is 0.311 e. The van der Waals surface area contributed by atoms with Gasteiger partial charge in [0.25, 0.3) is 0 Å². The Kier molecular flexibility index (Phi) is 8.61. The Bertz CT molecular complexity index is 2930. The molecule has 2 nitrogen and oxygen atoms in total. The predicted octanol–water partition coefficient (Wildman–Crippen LogP) is 14.1. The average molecular weight is 773 g/mol. The van der Waals surface area contributed by atoms with Crippen LogP contribution in [0.2, 0.25) is 0 Å². The van der Waals surface area contributed by atoms with Crippen LogP contribution in [0.5, 0.6) is 0 Å². The molecule has 0 bridgehead atoms. The summed E-state index contributed by atoms with van der Waals surface area (Å²) in [6.45, 7) is 0. The quantitative estimate of drug-likeness (QED) is 0.142. The lowest BCUT2D eigenvalue weighted by Gasteiger charge is -2.33. The van der Waals surface area contributed by atoms with Crippen LogP contribution >= 0.6 is 9.24 Å². The van der Waals surface area contributed by atoms with Gasteiger partial charge in [0.15, 0.2) is 0 Å². The maximum absolute atomic E-state index is 2.98. The highest BCUT2D eigenvalue weighted by molar-refractivity contribution is 7.27. The van der Waals surface area contributed by atoms with E-state index in [1.54, 1.807) is 0 Å². The van der Waals surface area contributed by atoms with Gasteiger partial charge in [0.1, 0.15) is 0 Å². The molecule has 280 valence electrons. The molecule has 0 radical (unpaired) electrons. The number of fused-ring (bicyclic) bond motifs is 10. The van der Waals surface area contributed by atoms with Crippen molar-refractivity contribution in [1.82, 2.24) is 0 Å². The highest BCUT2D eigenvalue weighted by Crippen LogP contribution is 2.63. The van der Waals surface area contributed by atoms with E-state index in [9.17, 15) is 0 Å². The van der Waals surface area contributed by atoms with Crippen LogP contribution in [-0.2, 0) is 11.8 Å². The number of hydrogen-bond acceptors (Lipinski definition) is 2. The summed E-state index contributed by atoms with van der Waals surface area (Å²) in [6.07, 6.45) is 0.883. The van der Waals surface area contributed by atoms with Crippen LogP contribution < -0.4 is 15.1 Å². The molecule has 2 aliphatic rings. The van der Waals surface area contributed by atoms with Gasteiger partial charge in [-0.1, -0.05) is 146 Å². The van der Waals surface area contributed by atoms with Crippen LogP contribution in [-0.4, -0.2) is 0 Å². The first kappa shape index (κ1) is 35.2. The van der Waals surface area contributed by atoms with E-state index in [1.807, 2.05) is 0 Å². The molecule has 0 N–H and O–H groups in total. The van der Waals surface area contributed by atoms with Crippen molar-refractivity contribution in [2.75, 3.05) is 9.80 Å². The molecular weight excluding hydrogens is 732 g/mol. The first-order valence-electron chi connectivity index (χ1n) is 20.3. The van der Waals surface area contributed by atoms with Gasteiger partial charge in [0, 0.05) is 34.1 Å². The van der Waals surface area contributed by atoms with Crippen LogP contribution in [0.3, 0.4) is 0 Å². The van der Waals surface area contributed by atoms with Crippen LogP contribution in [0.4, 0.5) is 34.1 Å². The monoisotopic (exact) mass is 772 g/mol. The number of nitrogens with zero attached hydrogens (tertiary/aromatic N) is 2. The predicted molar refractivity (Wildman–Crippen MR) is 251 cm³/mol. The second-order valence-corrected chi connectivity index (χ2v) is 16.2. The standard InChI is InChI=1S/C56H41N2P/c59-47-31-34-51-49-32-25-40(35-39-15-5-1-6-16-39)36-53(49)56(55(51)38-47)52-24-14-13-23-48(52)50-33-30-46(37-54(50)56)58(43-21-11-4-12-22-43)45-28-26-44(27-29-45)57(41-17-7-2-8-18-41)42-19-9-3-10-20-42/h1-34,36-38H,35,59H2. The molecule has 0 aliphatic heterocycles. The first-order valence-corrected chi connectivity index (χ1v) is 20.9. The molecule has 11 rings (SSSR count). The van der Waals surface area contributed by atoms with Crippen molar-refractivity contribution in [3.8, 4) is 22.3 Å². The zero-order chi connectivity index (χ0) is 39.3. The van der Waals surface area contributed by atoms with Crippen molar-refractivity contribution in [1.29, 1.82) is 0 Å². The van der Waals surface area contributed by atoms with Crippen molar-refractivity contribution < 1.29 is 0 Å². The molecule has 2 unspecified atom stereocenters. The fourth-order valence-corrected chi connectivity index (χ4v) is 9.96. The Morgan fingerprint density at radius 1 is 0.305 bits per heavy atom. The van der Waals surface area contributed by atoms with Crippen LogP contribution in [0.15, 0.2) is 224 Å². The summed E-state index contributed by atoms with van der Waals surface area (Å²) < 4.78 is 0. The van der Waals surface area contributed by atoms with Crippen LogP contribution in [0.1, 0.15) is 33.4 Å². The first-order chi connectivity index (χ1) is 29.2. The fraction of sp³-hybridized carbons (Fsp3) is 0.0357. The second kappa shape index (κ2) is 14.4. The molecule has 2 atom stereocenters. The Balaban J connectivity index is 1.10. The zero-order valence-corrected chi connectivity index (χ0v) is 33.7. The van der Waals surface area contributed by atoms with Gasteiger partial charge in [-0.2, -0.15) is 0 Å². The molecule has 0 aromatic heterocycles. The van der Waals surface area contributed by atoms with Gasteiger partial charge < -0.3 is 9.80 Å². The molecule has 9 aromatic rings. The number of benzene rings is 9. The minimum Gasteiger partial charge on any atom is -0.311 e. The Morgan fingerprint density at radius 3 is 1.31 bits per heavy atom. The van der Waals surface area contributed by atoms with E-state index in [0.29, 0.717) is 0 Å². The Labute approximate surface area is 348 Å². The maximum Gasteiger partial charge on any atom is 0.0726 e. The zero-order valence-electron chi connectivity index (χ0n) is 32.5. The normalized spacial score (nSPS) is 14.3. The Hall–Kier alpha value is -6.99. The number of hydrogen-bond donors (Lipinski definition) is 0. The average Bonchev–Trinajstić information content (AvgIpc) is 3.74. The van der Waals surface area contributed by atoms with Gasteiger partial charge >= 0.3 is 0 Å². The number of rotatable bonds is 8. The van der Waals surface area contributed by atoms with Gasteiger partial charge in [-0.3, -0.25) is 0 Å². The summed E-state index contributed by atoms with van der Waals surface area (Å²) in [5.74, 6) is 0. The molecule has 0 heterocycles. The third-order valence-electron chi connectivity index (χ3n) is 12.2. The van der Waals surface area contributed by atoms with Gasteiger partial charge in [-0.05, 0) is 146 Å². The van der Waals surface area contributed by atoms with Crippen molar-refractivity contribution in [2.24, 2.45) is 0 Å². The van der Waals surface area contributed by atoms with Gasteiger partial charge in [-0.15, -0.1) is 9.24 Å². The number of anilines is 6. The van der Waals surface area contributed by atoms with Crippen LogP contribution in [0, 0.1) is 0 Å². The molecule has 0 saturated carbocycles. The smallest absolute Gasteiger partial charge is 0.0726 e. The van der Waals surface area contributed by atoms with Crippen molar-refractivity contribution in [2.45, 2.75) is 11.8 Å². The van der Waals surface area contributed by atoms with E-state index in [0.717, 1.165) is 40.5 Å². The van der Waals surface area contributed by atoms with E-state index in [-0.39, 0.29) is 0 Å². The molecule has 0 amide bonds. The summed E-state index contributed by atoms with van der Waals surface area (Å²) in [4.78, 5) is 4.72. The SMILES string of the molecule is Pc1ccc2c(c1)C1(c3ccccc3-c3ccc(N(c4ccccc4)c4ccc(N(c5ccccc5)c5ccccc5)cc4)cc31)c1cc(Cc3ccccc3)ccc1-2. The maximum atomic E-state index is 2.98. The molecule has 9 aromatic carbocycles. The molecule has 1 spiro atoms. The van der Waals surface area contributed by atoms with Crippen molar-refractivity contribution in [3.63, 3.8) is 0 Å². The third kappa shape index (κ3) is 5.83. The highest BCUT2D eigenvalue weighted by Gasteiger charge is 2.52. The van der Waals surface area contributed by atoms with E-state index in [2.05, 4.69) is 243 Å². The van der Waals surface area contributed by atoms with E-state index >= 15 is 0 Å². The summed E-state index contributed by atoms with van der Waals surface area (Å²) in [6, 6.07) is 82.3. The lowest BCUT2D eigenvalue weighted by atomic mass is 9.70. The molecule has 0 fully saturated rings. The van der Waals surface area contributed by atoms with Crippen LogP contribution in [0.25, 0.3) is 22.3 Å². The molecule has 2 aliphatic carbocycles. The minimum absolute atomic E-state index is 0.482. The molecule has 0 saturated heterocycles. The molecule has 3 heteroatoms. The summed E-state index contributed by atoms with van der Waals surface area (Å²) in [7, 11) is 2.98. The lowest BCUT2D eigenvalue weighted by molar-refractivity contribution is 0.792. The molecule has 59 heavy (non-hydrogen) atoms. The lowest BCUT2D eigenvalue weighted by Crippen LogP contribution is -2.27. The van der Waals surface area contributed by atoms with E-state index in [4.69, 9.17) is 0 Å². The summed E-state index contributed by atoms with van der Waals surface area (Å²) >= 11 is 0.